The number of likely N-dealkylation sites (tertiary alicyclic amines) is 1. The van der Waals surface area contributed by atoms with Gasteiger partial charge in [-0.05, 0) is 86.8 Å². The number of fused-ring (bicyclic) bond motifs is 5. The molecule has 1 aromatic carbocycles. The van der Waals surface area contributed by atoms with Gasteiger partial charge >= 0.3 is 0 Å². The van der Waals surface area contributed by atoms with Crippen LogP contribution in [0.2, 0.25) is 0 Å². The van der Waals surface area contributed by atoms with Gasteiger partial charge in [-0.15, -0.1) is 0 Å². The van der Waals surface area contributed by atoms with Crippen LogP contribution in [0.5, 0.6) is 0 Å². The van der Waals surface area contributed by atoms with E-state index in [2.05, 4.69) is 26.1 Å². The minimum atomic E-state index is -0.0660. The number of anilines is 1. The monoisotopic (exact) mass is 470 g/mol. The van der Waals surface area contributed by atoms with Crippen LogP contribution in [0.4, 0.5) is 5.69 Å². The number of carbonyl (C=O) groups is 2. The molecular weight excluding hydrogens is 436 g/mol. The average Bonchev–Trinajstić information content (AvgIpc) is 3.19. The summed E-state index contributed by atoms with van der Waals surface area (Å²) in [4.78, 5) is 27.9. The SMILES string of the molecule is CC1=C2N(C)C(=O)CC[C@]2(C)C2CC[C@]3(C)[C@@H](C(=O)Nc4ccc(C#N)c(C#N)c4)CC[C@H]3C2C1. The van der Waals surface area contributed by atoms with Crippen molar-refractivity contribution in [2.45, 2.75) is 65.7 Å². The Kier molecular flexibility index (Phi) is 5.55. The van der Waals surface area contributed by atoms with Gasteiger partial charge in [0.05, 0.1) is 11.1 Å². The van der Waals surface area contributed by atoms with E-state index in [1.165, 1.54) is 11.3 Å². The van der Waals surface area contributed by atoms with Gasteiger partial charge in [0.15, 0.2) is 0 Å². The second-order valence-electron chi connectivity index (χ2n) is 11.7. The Morgan fingerprint density at radius 2 is 1.83 bits per heavy atom. The summed E-state index contributed by atoms with van der Waals surface area (Å²) in [6.07, 6.45) is 6.61. The summed E-state index contributed by atoms with van der Waals surface area (Å²) in [7, 11) is 1.95. The molecule has 6 heteroatoms. The molecule has 182 valence electrons. The van der Waals surface area contributed by atoms with E-state index in [1.54, 1.807) is 18.2 Å². The molecule has 5 rings (SSSR count). The third-order valence-electron chi connectivity index (χ3n) is 10.2. The predicted octanol–water partition coefficient (Wildman–Crippen LogP) is 5.36. The molecule has 2 unspecified atom stereocenters. The van der Waals surface area contributed by atoms with E-state index in [9.17, 15) is 20.1 Å². The second-order valence-corrected chi connectivity index (χ2v) is 11.7. The standard InChI is InChI=1S/C29H34N4O2/c1-17-13-21-22-7-8-24(27(35)32-20-6-5-18(15-30)19(14-20)16-31)28(22,2)11-9-23(21)29(3)12-10-25(34)33(4)26(17)29/h5-6,14,21-24H,7-13H2,1-4H3,(H,32,35)/t21?,22-,23?,24+,28-,29+/m0/s1. The molecule has 1 aromatic rings. The molecule has 1 N–H and O–H groups in total. The molecule has 1 heterocycles. The van der Waals surface area contributed by atoms with Gasteiger partial charge in [-0.25, -0.2) is 0 Å². The molecule has 2 amide bonds. The van der Waals surface area contributed by atoms with Crippen molar-refractivity contribution < 1.29 is 9.59 Å². The first-order chi connectivity index (χ1) is 16.6. The van der Waals surface area contributed by atoms with Crippen LogP contribution in [0.15, 0.2) is 29.5 Å². The summed E-state index contributed by atoms with van der Waals surface area (Å²) in [6, 6.07) is 8.97. The van der Waals surface area contributed by atoms with Crippen molar-refractivity contribution in [3.05, 3.63) is 40.6 Å². The maximum absolute atomic E-state index is 13.5. The summed E-state index contributed by atoms with van der Waals surface area (Å²) < 4.78 is 0. The van der Waals surface area contributed by atoms with Crippen molar-refractivity contribution in [3.8, 4) is 12.1 Å². The van der Waals surface area contributed by atoms with E-state index in [0.29, 0.717) is 35.4 Å². The molecule has 0 spiro atoms. The van der Waals surface area contributed by atoms with Crippen LogP contribution in [0.25, 0.3) is 0 Å². The van der Waals surface area contributed by atoms with Gasteiger partial charge in [0.2, 0.25) is 11.8 Å². The first kappa shape index (κ1) is 23.6. The maximum atomic E-state index is 13.5. The number of piperidine rings is 1. The van der Waals surface area contributed by atoms with Crippen molar-refractivity contribution in [3.63, 3.8) is 0 Å². The molecule has 3 aliphatic carbocycles. The van der Waals surface area contributed by atoms with E-state index in [4.69, 9.17) is 0 Å². The Hall–Kier alpha value is -3.12. The highest BCUT2D eigenvalue weighted by molar-refractivity contribution is 5.93. The van der Waals surface area contributed by atoms with Crippen LogP contribution in [0.3, 0.4) is 0 Å². The van der Waals surface area contributed by atoms with Gasteiger partial charge in [0, 0.05) is 36.2 Å². The maximum Gasteiger partial charge on any atom is 0.228 e. The second kappa shape index (κ2) is 8.23. The van der Waals surface area contributed by atoms with Crippen LogP contribution >= 0.6 is 0 Å². The van der Waals surface area contributed by atoms with E-state index in [-0.39, 0.29) is 34.1 Å². The van der Waals surface area contributed by atoms with E-state index >= 15 is 0 Å². The van der Waals surface area contributed by atoms with Crippen molar-refractivity contribution in [2.75, 3.05) is 12.4 Å². The number of benzene rings is 1. The fourth-order valence-electron chi connectivity index (χ4n) is 8.58. The summed E-state index contributed by atoms with van der Waals surface area (Å²) in [6.45, 7) is 6.91. The molecule has 1 aliphatic heterocycles. The van der Waals surface area contributed by atoms with Crippen molar-refractivity contribution in [1.82, 2.24) is 4.90 Å². The fraction of sp³-hybridized carbons (Fsp3) is 0.586. The van der Waals surface area contributed by atoms with Crippen LogP contribution in [-0.2, 0) is 9.59 Å². The molecule has 0 aromatic heterocycles. The number of carbonyl (C=O) groups excluding carboxylic acids is 2. The molecule has 4 aliphatic rings. The molecule has 35 heavy (non-hydrogen) atoms. The molecule has 6 atom stereocenters. The molecule has 6 nitrogen and oxygen atoms in total. The van der Waals surface area contributed by atoms with Gasteiger partial charge in [-0.3, -0.25) is 9.59 Å². The molecule has 1 saturated heterocycles. The summed E-state index contributed by atoms with van der Waals surface area (Å²) in [5, 5.41) is 21.6. The number of hydrogen-bond acceptors (Lipinski definition) is 4. The normalized spacial score (nSPS) is 35.9. The lowest BCUT2D eigenvalue weighted by atomic mass is 9.48. The zero-order valence-electron chi connectivity index (χ0n) is 21.1. The van der Waals surface area contributed by atoms with Crippen LogP contribution < -0.4 is 5.32 Å². The Morgan fingerprint density at radius 1 is 1.09 bits per heavy atom. The van der Waals surface area contributed by atoms with Crippen molar-refractivity contribution >= 4 is 17.5 Å². The number of rotatable bonds is 2. The Labute approximate surface area is 208 Å². The molecule has 3 fully saturated rings. The minimum Gasteiger partial charge on any atom is -0.326 e. The van der Waals surface area contributed by atoms with Crippen molar-refractivity contribution in [2.24, 2.45) is 34.5 Å². The van der Waals surface area contributed by atoms with Gasteiger partial charge in [-0.1, -0.05) is 19.4 Å². The van der Waals surface area contributed by atoms with Gasteiger partial charge < -0.3 is 10.2 Å². The lowest BCUT2D eigenvalue weighted by molar-refractivity contribution is -0.137. The summed E-state index contributed by atoms with van der Waals surface area (Å²) in [5.41, 5.74) is 3.78. The Bertz CT molecular complexity index is 1220. The van der Waals surface area contributed by atoms with Crippen LogP contribution in [-0.4, -0.2) is 23.8 Å². The van der Waals surface area contributed by atoms with Crippen LogP contribution in [0.1, 0.15) is 76.8 Å². The van der Waals surface area contributed by atoms with Crippen LogP contribution in [0, 0.1) is 57.2 Å². The van der Waals surface area contributed by atoms with Gasteiger partial charge in [-0.2, -0.15) is 10.5 Å². The first-order valence-corrected chi connectivity index (χ1v) is 12.9. The number of hydrogen-bond donors (Lipinski definition) is 1. The highest BCUT2D eigenvalue weighted by atomic mass is 16.2. The predicted molar refractivity (Wildman–Crippen MR) is 132 cm³/mol. The lowest BCUT2D eigenvalue weighted by Crippen LogP contribution is -2.54. The smallest absolute Gasteiger partial charge is 0.228 e. The zero-order chi connectivity index (χ0) is 25.1. The largest absolute Gasteiger partial charge is 0.326 e. The van der Waals surface area contributed by atoms with Gasteiger partial charge in [0.1, 0.15) is 12.1 Å². The third-order valence-corrected chi connectivity index (χ3v) is 10.2. The number of nitriles is 2. The van der Waals surface area contributed by atoms with E-state index in [1.807, 2.05) is 24.1 Å². The van der Waals surface area contributed by atoms with E-state index in [0.717, 1.165) is 38.5 Å². The number of nitrogens with zero attached hydrogens (tertiary/aromatic N) is 3. The summed E-state index contributed by atoms with van der Waals surface area (Å²) >= 11 is 0. The average molecular weight is 471 g/mol. The molecule has 0 radical (unpaired) electrons. The quantitative estimate of drug-likeness (QED) is 0.629. The zero-order valence-corrected chi connectivity index (χ0v) is 21.1. The molecule has 2 saturated carbocycles. The highest BCUT2D eigenvalue weighted by Crippen LogP contribution is 2.66. The van der Waals surface area contributed by atoms with Crippen molar-refractivity contribution in [1.29, 1.82) is 10.5 Å². The number of allylic oxidation sites excluding steroid dienone is 2. The third kappa shape index (κ3) is 3.41. The highest BCUT2D eigenvalue weighted by Gasteiger charge is 2.61. The lowest BCUT2D eigenvalue weighted by Gasteiger charge is -2.59. The molecule has 0 bridgehead atoms. The van der Waals surface area contributed by atoms with E-state index < -0.39 is 0 Å². The molecular formula is C29H34N4O2. The fourth-order valence-corrected chi connectivity index (χ4v) is 8.58. The Balaban J connectivity index is 1.40. The Morgan fingerprint density at radius 3 is 2.54 bits per heavy atom. The summed E-state index contributed by atoms with van der Waals surface area (Å²) in [5.74, 6) is 1.78. The first-order valence-electron chi connectivity index (χ1n) is 12.9. The van der Waals surface area contributed by atoms with Gasteiger partial charge in [0.25, 0.3) is 0 Å². The number of amides is 2. The number of nitrogens with one attached hydrogen (secondary N) is 1. The topological polar surface area (TPSA) is 97.0 Å². The minimum absolute atomic E-state index is 0.0278.